The van der Waals surface area contributed by atoms with Gasteiger partial charge < -0.3 is 15.2 Å². The molecule has 0 fully saturated rings. The Kier molecular flexibility index (Phi) is 3.98. The van der Waals surface area contributed by atoms with Gasteiger partial charge in [0.15, 0.2) is 6.10 Å². The summed E-state index contributed by atoms with van der Waals surface area (Å²) in [6.45, 7) is 0.206. The molecule has 1 aliphatic rings. The number of para-hydroxylation sites is 2. The Balaban J connectivity index is 1.87. The lowest BCUT2D eigenvalue weighted by Gasteiger charge is -2.33. The molecule has 2 N–H and O–H groups in total. The molecule has 2 aromatic rings. The number of benzene rings is 2. The van der Waals surface area contributed by atoms with Gasteiger partial charge in [-0.15, -0.1) is 0 Å². The normalized spacial score (nSPS) is 17.0. The number of nitrogens with zero attached hydrogens (tertiary/aromatic N) is 1. The fourth-order valence-corrected chi connectivity index (χ4v) is 2.54. The van der Waals surface area contributed by atoms with Gasteiger partial charge in [0, 0.05) is 19.2 Å². The molecule has 0 bridgehead atoms. The quantitative estimate of drug-likeness (QED) is 0.879. The first-order valence-corrected chi connectivity index (χ1v) is 7.09. The minimum atomic E-state index is -0.561. The van der Waals surface area contributed by atoms with E-state index in [2.05, 4.69) is 0 Å². The van der Waals surface area contributed by atoms with Crippen molar-refractivity contribution < 1.29 is 14.3 Å². The van der Waals surface area contributed by atoms with Gasteiger partial charge in [-0.1, -0.05) is 24.3 Å². The fourth-order valence-electron chi connectivity index (χ4n) is 2.54. The number of carbonyl (C=O) groups is 1. The Hall–Kier alpha value is -2.53. The van der Waals surface area contributed by atoms with Gasteiger partial charge in [-0.2, -0.15) is 0 Å². The number of rotatable bonds is 4. The largest absolute Gasteiger partial charge is 0.478 e. The van der Waals surface area contributed by atoms with E-state index in [0.29, 0.717) is 17.9 Å². The van der Waals surface area contributed by atoms with Crippen LogP contribution in [0.15, 0.2) is 48.5 Å². The van der Waals surface area contributed by atoms with Crippen molar-refractivity contribution in [3.63, 3.8) is 0 Å². The molecule has 0 saturated carbocycles. The summed E-state index contributed by atoms with van der Waals surface area (Å²) in [6, 6.07) is 14.9. The molecule has 1 heterocycles. The Bertz CT molecular complexity index is 670. The van der Waals surface area contributed by atoms with E-state index in [1.165, 1.54) is 0 Å². The average Bonchev–Trinajstić information content (AvgIpc) is 2.53. The standard InChI is InChI=1S/C17H18N2O3/c1-21-11-19-14-4-2-3-5-15(14)22-16(17(19)20)10-12-6-8-13(18)9-7-12/h2-9,16H,10-11,18H2,1H3. The lowest BCUT2D eigenvalue weighted by Crippen LogP contribution is -2.47. The molecule has 0 saturated heterocycles. The van der Waals surface area contributed by atoms with Crippen LogP contribution in [0, 0.1) is 0 Å². The minimum absolute atomic E-state index is 0.0997. The third-order valence-electron chi connectivity index (χ3n) is 3.63. The lowest BCUT2D eigenvalue weighted by molar-refractivity contribution is -0.127. The van der Waals surface area contributed by atoms with Gasteiger partial charge in [0.2, 0.25) is 0 Å². The zero-order chi connectivity index (χ0) is 15.5. The number of carbonyl (C=O) groups excluding carboxylic acids is 1. The van der Waals surface area contributed by atoms with Crippen molar-refractivity contribution in [1.82, 2.24) is 0 Å². The van der Waals surface area contributed by atoms with E-state index in [0.717, 1.165) is 11.3 Å². The predicted octanol–water partition coefficient (Wildman–Crippen LogP) is 2.21. The van der Waals surface area contributed by atoms with Crippen LogP contribution in [-0.2, 0) is 16.0 Å². The second-order valence-corrected chi connectivity index (χ2v) is 5.20. The fraction of sp³-hybridized carbons (Fsp3) is 0.235. The first-order chi connectivity index (χ1) is 10.7. The van der Waals surface area contributed by atoms with E-state index in [1.54, 1.807) is 12.0 Å². The number of fused-ring (bicyclic) bond motifs is 1. The number of methoxy groups -OCH3 is 1. The Labute approximate surface area is 129 Å². The monoisotopic (exact) mass is 298 g/mol. The number of anilines is 2. The molecule has 0 spiro atoms. The molecule has 5 heteroatoms. The molecule has 2 aromatic carbocycles. The molecular formula is C17H18N2O3. The molecule has 1 aliphatic heterocycles. The number of nitrogen functional groups attached to an aromatic ring is 1. The van der Waals surface area contributed by atoms with Crippen LogP contribution in [-0.4, -0.2) is 25.9 Å². The van der Waals surface area contributed by atoms with Crippen LogP contribution in [0.25, 0.3) is 0 Å². The van der Waals surface area contributed by atoms with Crippen molar-refractivity contribution in [2.24, 2.45) is 0 Å². The minimum Gasteiger partial charge on any atom is -0.478 e. The number of hydrogen-bond acceptors (Lipinski definition) is 4. The predicted molar refractivity (Wildman–Crippen MR) is 84.8 cm³/mol. The van der Waals surface area contributed by atoms with E-state index in [1.807, 2.05) is 48.5 Å². The molecular weight excluding hydrogens is 280 g/mol. The highest BCUT2D eigenvalue weighted by Gasteiger charge is 2.34. The van der Waals surface area contributed by atoms with Gasteiger partial charge >= 0.3 is 0 Å². The zero-order valence-corrected chi connectivity index (χ0v) is 12.4. The smallest absolute Gasteiger partial charge is 0.270 e. The summed E-state index contributed by atoms with van der Waals surface area (Å²) in [5, 5.41) is 0. The molecule has 0 radical (unpaired) electrons. The van der Waals surface area contributed by atoms with Crippen molar-refractivity contribution in [1.29, 1.82) is 0 Å². The molecule has 22 heavy (non-hydrogen) atoms. The van der Waals surface area contributed by atoms with E-state index in [-0.39, 0.29) is 12.6 Å². The number of amides is 1. The first-order valence-electron chi connectivity index (χ1n) is 7.09. The topological polar surface area (TPSA) is 64.8 Å². The van der Waals surface area contributed by atoms with Gasteiger partial charge in [-0.05, 0) is 29.8 Å². The SMILES string of the molecule is COCN1C(=O)C(Cc2ccc(N)cc2)Oc2ccccc21. The molecule has 114 valence electrons. The third kappa shape index (κ3) is 2.76. The number of ether oxygens (including phenoxy) is 2. The summed E-state index contributed by atoms with van der Waals surface area (Å²) in [7, 11) is 1.57. The second kappa shape index (κ2) is 6.07. The van der Waals surface area contributed by atoms with Crippen LogP contribution in [0.5, 0.6) is 5.75 Å². The molecule has 5 nitrogen and oxygen atoms in total. The van der Waals surface area contributed by atoms with E-state index >= 15 is 0 Å². The maximum absolute atomic E-state index is 12.6. The summed E-state index contributed by atoms with van der Waals surface area (Å²) < 4.78 is 11.0. The van der Waals surface area contributed by atoms with E-state index in [4.69, 9.17) is 15.2 Å². The van der Waals surface area contributed by atoms with Crippen LogP contribution in [0.4, 0.5) is 11.4 Å². The van der Waals surface area contributed by atoms with E-state index in [9.17, 15) is 4.79 Å². The summed E-state index contributed by atoms with van der Waals surface area (Å²) >= 11 is 0. The molecule has 1 atom stereocenters. The molecule has 0 aromatic heterocycles. The Morgan fingerprint density at radius 1 is 1.18 bits per heavy atom. The summed E-state index contributed by atoms with van der Waals surface area (Å²) in [6.07, 6.45) is -0.0677. The zero-order valence-electron chi connectivity index (χ0n) is 12.4. The van der Waals surface area contributed by atoms with Gasteiger partial charge in [-0.3, -0.25) is 9.69 Å². The number of nitrogens with two attached hydrogens (primary N) is 1. The number of hydrogen-bond donors (Lipinski definition) is 1. The van der Waals surface area contributed by atoms with Crippen LogP contribution in [0.2, 0.25) is 0 Å². The highest BCUT2D eigenvalue weighted by Crippen LogP contribution is 2.34. The summed E-state index contributed by atoms with van der Waals surface area (Å²) in [4.78, 5) is 14.3. The van der Waals surface area contributed by atoms with Crippen LogP contribution in [0.3, 0.4) is 0 Å². The molecule has 1 amide bonds. The molecule has 1 unspecified atom stereocenters. The average molecular weight is 298 g/mol. The Morgan fingerprint density at radius 2 is 1.91 bits per heavy atom. The molecule has 3 rings (SSSR count). The first kappa shape index (κ1) is 14.4. The van der Waals surface area contributed by atoms with E-state index < -0.39 is 6.10 Å². The van der Waals surface area contributed by atoms with Gasteiger partial charge in [-0.25, -0.2) is 0 Å². The summed E-state index contributed by atoms with van der Waals surface area (Å²) in [5.74, 6) is 0.594. The van der Waals surface area contributed by atoms with Gasteiger partial charge in [0.05, 0.1) is 5.69 Å². The Morgan fingerprint density at radius 3 is 2.64 bits per heavy atom. The van der Waals surface area contributed by atoms with Crippen molar-refractivity contribution in [3.8, 4) is 5.75 Å². The van der Waals surface area contributed by atoms with Crippen molar-refractivity contribution in [3.05, 3.63) is 54.1 Å². The third-order valence-corrected chi connectivity index (χ3v) is 3.63. The van der Waals surface area contributed by atoms with Crippen LogP contribution >= 0.6 is 0 Å². The lowest BCUT2D eigenvalue weighted by atomic mass is 10.0. The van der Waals surface area contributed by atoms with Gasteiger partial charge in [0.25, 0.3) is 5.91 Å². The maximum Gasteiger partial charge on any atom is 0.270 e. The van der Waals surface area contributed by atoms with Crippen molar-refractivity contribution in [2.45, 2.75) is 12.5 Å². The van der Waals surface area contributed by atoms with Gasteiger partial charge in [0.1, 0.15) is 12.5 Å². The maximum atomic E-state index is 12.6. The van der Waals surface area contributed by atoms with Crippen LogP contribution < -0.4 is 15.4 Å². The van der Waals surface area contributed by atoms with Crippen LogP contribution in [0.1, 0.15) is 5.56 Å². The highest BCUT2D eigenvalue weighted by molar-refractivity contribution is 6.00. The second-order valence-electron chi connectivity index (χ2n) is 5.20. The molecule has 0 aliphatic carbocycles. The van der Waals surface area contributed by atoms with Crippen molar-refractivity contribution in [2.75, 3.05) is 24.5 Å². The highest BCUT2D eigenvalue weighted by atomic mass is 16.5. The summed E-state index contributed by atoms with van der Waals surface area (Å²) in [5.41, 5.74) is 8.13. The van der Waals surface area contributed by atoms with Crippen molar-refractivity contribution >= 4 is 17.3 Å².